The monoisotopic (exact) mass is 506 g/mol. The molecule has 2 aromatic carbocycles. The predicted octanol–water partition coefficient (Wildman–Crippen LogP) is 3.02. The summed E-state index contributed by atoms with van der Waals surface area (Å²) in [6.45, 7) is 3.19. The number of aromatic nitrogens is 1. The third-order valence-electron chi connectivity index (χ3n) is 6.40. The number of halogens is 1. The van der Waals surface area contributed by atoms with Gasteiger partial charge in [0.15, 0.2) is 0 Å². The number of benzene rings is 2. The van der Waals surface area contributed by atoms with Gasteiger partial charge in [-0.25, -0.2) is 9.40 Å². The van der Waals surface area contributed by atoms with Gasteiger partial charge in [-0.15, -0.1) is 4.40 Å². The maximum Gasteiger partial charge on any atom is 0.285 e. The highest BCUT2D eigenvalue weighted by Gasteiger charge is 2.35. The summed E-state index contributed by atoms with van der Waals surface area (Å²) in [6.07, 6.45) is 3.47. The molecule has 0 unspecified atom stereocenters. The standard InChI is InChI=1S/C26H27FN6O2S/c1-31-14-16-32(17-15-31)26(30-36(34,35)23-11-9-22(27)10-12-23)33-19-24(20-6-3-2-4-7-20)25(29-33)21-8-5-13-28-18-21/h2-13,18,24H,14-17,19H2,1H3/t24-/m1/s1. The van der Waals surface area contributed by atoms with Crippen LogP contribution in [-0.2, 0) is 10.0 Å². The smallest absolute Gasteiger partial charge is 0.285 e. The van der Waals surface area contributed by atoms with Crippen molar-refractivity contribution in [1.82, 2.24) is 19.8 Å². The van der Waals surface area contributed by atoms with Crippen LogP contribution in [0.2, 0.25) is 0 Å². The number of pyridine rings is 1. The van der Waals surface area contributed by atoms with Gasteiger partial charge in [0.2, 0.25) is 5.96 Å². The number of hydrogen-bond acceptors (Lipinski definition) is 5. The first-order chi connectivity index (χ1) is 17.4. The first-order valence-corrected chi connectivity index (χ1v) is 13.2. The van der Waals surface area contributed by atoms with Crippen LogP contribution in [0.4, 0.5) is 4.39 Å². The molecule has 1 saturated heterocycles. The van der Waals surface area contributed by atoms with Crippen LogP contribution in [0.5, 0.6) is 0 Å². The first-order valence-electron chi connectivity index (χ1n) is 11.8. The van der Waals surface area contributed by atoms with E-state index in [0.29, 0.717) is 19.6 Å². The van der Waals surface area contributed by atoms with Crippen LogP contribution in [0.15, 0.2) is 93.5 Å². The molecule has 186 valence electrons. The molecule has 2 aliphatic rings. The molecule has 1 fully saturated rings. The van der Waals surface area contributed by atoms with Gasteiger partial charge in [0.05, 0.1) is 17.2 Å². The van der Waals surface area contributed by atoms with Crippen molar-refractivity contribution < 1.29 is 12.8 Å². The Labute approximate surface area is 210 Å². The zero-order valence-corrected chi connectivity index (χ0v) is 20.7. The number of hydrogen-bond donors (Lipinski definition) is 0. The van der Waals surface area contributed by atoms with Gasteiger partial charge in [-0.05, 0) is 49.0 Å². The Morgan fingerprint density at radius 3 is 2.36 bits per heavy atom. The summed E-state index contributed by atoms with van der Waals surface area (Å²) in [5.41, 5.74) is 2.74. The van der Waals surface area contributed by atoms with Crippen molar-refractivity contribution in [2.75, 3.05) is 39.8 Å². The number of nitrogens with zero attached hydrogens (tertiary/aromatic N) is 6. The summed E-state index contributed by atoms with van der Waals surface area (Å²) < 4.78 is 44.3. The zero-order valence-electron chi connectivity index (χ0n) is 19.9. The highest BCUT2D eigenvalue weighted by molar-refractivity contribution is 7.90. The number of piperazine rings is 1. The van der Waals surface area contributed by atoms with Crippen LogP contribution in [0.3, 0.4) is 0 Å². The van der Waals surface area contributed by atoms with E-state index in [4.69, 9.17) is 5.10 Å². The van der Waals surface area contributed by atoms with Crippen molar-refractivity contribution in [3.8, 4) is 0 Å². The molecular formula is C26H27FN6O2S. The maximum absolute atomic E-state index is 13.4. The molecule has 1 atom stereocenters. The Hall–Kier alpha value is -3.63. The van der Waals surface area contributed by atoms with E-state index in [1.54, 1.807) is 17.4 Å². The maximum atomic E-state index is 13.4. The van der Waals surface area contributed by atoms with Crippen molar-refractivity contribution in [1.29, 1.82) is 0 Å². The number of hydrazone groups is 1. The summed E-state index contributed by atoms with van der Waals surface area (Å²) in [5, 5.41) is 6.59. The molecule has 0 spiro atoms. The van der Waals surface area contributed by atoms with E-state index in [1.165, 1.54) is 12.1 Å². The largest absolute Gasteiger partial charge is 0.338 e. The van der Waals surface area contributed by atoms with Crippen molar-refractivity contribution in [2.24, 2.45) is 9.50 Å². The Morgan fingerprint density at radius 1 is 0.972 bits per heavy atom. The average molecular weight is 507 g/mol. The second kappa shape index (κ2) is 10.2. The predicted molar refractivity (Wildman–Crippen MR) is 137 cm³/mol. The fraction of sp³-hybridized carbons (Fsp3) is 0.269. The number of likely N-dealkylation sites (N-methyl/N-ethyl adjacent to an activating group) is 1. The number of sulfonamides is 1. The summed E-state index contributed by atoms with van der Waals surface area (Å²) in [6, 6.07) is 18.5. The summed E-state index contributed by atoms with van der Waals surface area (Å²) >= 11 is 0. The van der Waals surface area contributed by atoms with E-state index < -0.39 is 15.8 Å². The number of guanidine groups is 1. The van der Waals surface area contributed by atoms with Crippen LogP contribution in [-0.4, -0.2) is 79.7 Å². The third-order valence-corrected chi connectivity index (χ3v) is 7.68. The Morgan fingerprint density at radius 2 is 1.69 bits per heavy atom. The van der Waals surface area contributed by atoms with E-state index in [-0.39, 0.29) is 16.8 Å². The lowest BCUT2D eigenvalue weighted by atomic mass is 9.91. The van der Waals surface area contributed by atoms with Crippen LogP contribution < -0.4 is 0 Å². The summed E-state index contributed by atoms with van der Waals surface area (Å²) in [4.78, 5) is 8.34. The molecule has 8 nitrogen and oxygen atoms in total. The van der Waals surface area contributed by atoms with Crippen LogP contribution in [0.25, 0.3) is 0 Å². The van der Waals surface area contributed by atoms with Gasteiger partial charge >= 0.3 is 0 Å². The quantitative estimate of drug-likeness (QED) is 0.400. The molecule has 3 heterocycles. The van der Waals surface area contributed by atoms with Crippen molar-refractivity contribution >= 4 is 21.7 Å². The molecular weight excluding hydrogens is 479 g/mol. The topological polar surface area (TPSA) is 81.5 Å². The normalized spacial score (nSPS) is 19.4. The fourth-order valence-electron chi connectivity index (χ4n) is 4.39. The Bertz CT molecular complexity index is 1360. The fourth-order valence-corrected chi connectivity index (χ4v) is 5.40. The number of rotatable bonds is 4. The van der Waals surface area contributed by atoms with E-state index in [2.05, 4.69) is 14.3 Å². The lowest BCUT2D eigenvalue weighted by Crippen LogP contribution is -2.51. The zero-order chi connectivity index (χ0) is 25.1. The molecule has 0 bridgehead atoms. The summed E-state index contributed by atoms with van der Waals surface area (Å²) in [5.74, 6) is -0.331. The van der Waals surface area contributed by atoms with Gasteiger partial charge in [0, 0.05) is 50.1 Å². The average Bonchev–Trinajstić information content (AvgIpc) is 3.35. The van der Waals surface area contributed by atoms with Crippen molar-refractivity contribution in [3.05, 3.63) is 96.1 Å². The van der Waals surface area contributed by atoms with Gasteiger partial charge in [0.1, 0.15) is 5.82 Å². The molecule has 10 heteroatoms. The first kappa shape index (κ1) is 24.1. The molecule has 0 radical (unpaired) electrons. The second-order valence-corrected chi connectivity index (χ2v) is 10.5. The molecule has 1 aromatic heterocycles. The minimum atomic E-state index is -4.10. The lowest BCUT2D eigenvalue weighted by Gasteiger charge is -2.36. The molecule has 0 saturated carbocycles. The van der Waals surface area contributed by atoms with Gasteiger partial charge in [-0.3, -0.25) is 4.98 Å². The second-order valence-electron chi connectivity index (χ2n) is 8.88. The molecule has 0 aliphatic carbocycles. The van der Waals surface area contributed by atoms with Gasteiger partial charge < -0.3 is 9.80 Å². The van der Waals surface area contributed by atoms with Gasteiger partial charge in [0.25, 0.3) is 10.0 Å². The molecule has 0 amide bonds. The Kier molecular flexibility index (Phi) is 6.80. The van der Waals surface area contributed by atoms with E-state index in [0.717, 1.165) is 42.1 Å². The van der Waals surface area contributed by atoms with E-state index in [1.807, 2.05) is 54.4 Å². The SMILES string of the molecule is CN1CCN(C(=NS(=O)(=O)c2ccc(F)cc2)N2C[C@H](c3ccccc3)C(c3cccnc3)=N2)CC1. The van der Waals surface area contributed by atoms with Crippen molar-refractivity contribution in [2.45, 2.75) is 10.8 Å². The molecule has 2 aliphatic heterocycles. The highest BCUT2D eigenvalue weighted by atomic mass is 32.2. The van der Waals surface area contributed by atoms with Crippen LogP contribution in [0, 0.1) is 5.82 Å². The Balaban J connectivity index is 1.58. The molecule has 0 N–H and O–H groups in total. The molecule has 36 heavy (non-hydrogen) atoms. The summed E-state index contributed by atoms with van der Waals surface area (Å²) in [7, 11) is -2.07. The minimum Gasteiger partial charge on any atom is -0.338 e. The van der Waals surface area contributed by atoms with E-state index in [9.17, 15) is 12.8 Å². The highest BCUT2D eigenvalue weighted by Crippen LogP contribution is 2.30. The van der Waals surface area contributed by atoms with Crippen molar-refractivity contribution in [3.63, 3.8) is 0 Å². The molecule has 5 rings (SSSR count). The van der Waals surface area contributed by atoms with Crippen LogP contribution in [0.1, 0.15) is 17.0 Å². The van der Waals surface area contributed by atoms with Crippen LogP contribution >= 0.6 is 0 Å². The third kappa shape index (κ3) is 5.14. The van der Waals surface area contributed by atoms with Gasteiger partial charge in [-0.1, -0.05) is 30.3 Å². The molecule has 3 aromatic rings. The van der Waals surface area contributed by atoms with Gasteiger partial charge in [-0.2, -0.15) is 13.5 Å². The lowest BCUT2D eigenvalue weighted by molar-refractivity contribution is 0.198. The van der Waals surface area contributed by atoms with E-state index >= 15 is 0 Å². The minimum absolute atomic E-state index is 0.0641.